The molecule has 0 aliphatic carbocycles. The fourth-order valence-electron chi connectivity index (χ4n) is 4.71. The summed E-state index contributed by atoms with van der Waals surface area (Å²) in [5, 5.41) is 0. The highest BCUT2D eigenvalue weighted by Gasteiger charge is 2.33. The molecule has 2 aromatic rings. The smallest absolute Gasteiger partial charge is 0.0545 e. The number of hydrogen-bond acceptors (Lipinski definition) is 2. The molecule has 2 rings (SSSR count). The van der Waals surface area contributed by atoms with Crippen LogP contribution in [0.25, 0.3) is 0 Å². The van der Waals surface area contributed by atoms with E-state index in [2.05, 4.69) is 98.2 Å². The summed E-state index contributed by atoms with van der Waals surface area (Å²) in [4.78, 5) is 5.62. The zero-order chi connectivity index (χ0) is 23.0. The molecular weight excluding hydrogens is 388 g/mol. The Labute approximate surface area is 199 Å². The molecule has 0 radical (unpaired) electrons. The Kier molecular flexibility index (Phi) is 13.3. The van der Waals surface area contributed by atoms with Crippen LogP contribution in [0.2, 0.25) is 0 Å². The predicted octanol–water partition coefficient (Wildman–Crippen LogP) is 8.27. The molecule has 0 saturated carbocycles. The molecule has 2 nitrogen and oxygen atoms in total. The summed E-state index contributed by atoms with van der Waals surface area (Å²) < 4.78 is 0. The maximum absolute atomic E-state index is 2.81. The van der Waals surface area contributed by atoms with Crippen molar-refractivity contribution in [3.8, 4) is 0 Å². The highest BCUT2D eigenvalue weighted by Crippen LogP contribution is 2.39. The third-order valence-electron chi connectivity index (χ3n) is 6.56. The minimum atomic E-state index is 0.380. The van der Waals surface area contributed by atoms with Gasteiger partial charge < -0.3 is 0 Å². The Balaban J connectivity index is 2.57. The number of nitrogens with zero attached hydrogens (tertiary/aromatic N) is 2. The molecule has 2 heteroatoms. The first kappa shape index (κ1) is 26.6. The minimum absolute atomic E-state index is 0.380. The van der Waals surface area contributed by atoms with E-state index in [1.165, 1.54) is 88.7 Å². The van der Waals surface area contributed by atoms with Crippen LogP contribution in [0, 0.1) is 0 Å². The SMILES string of the molecule is CCCCN(CCCC)C(c1ccccc1)C(c1ccccc1)N(CCCC)CCCC. The maximum Gasteiger partial charge on any atom is 0.0545 e. The lowest BCUT2D eigenvalue weighted by atomic mass is 9.89. The molecule has 0 fully saturated rings. The van der Waals surface area contributed by atoms with Crippen LogP contribution in [0.3, 0.4) is 0 Å². The lowest BCUT2D eigenvalue weighted by molar-refractivity contribution is 0.0704. The molecule has 0 saturated heterocycles. The van der Waals surface area contributed by atoms with E-state index in [4.69, 9.17) is 0 Å². The van der Waals surface area contributed by atoms with Gasteiger partial charge >= 0.3 is 0 Å². The van der Waals surface area contributed by atoms with Gasteiger partial charge in [-0.25, -0.2) is 0 Å². The summed E-state index contributed by atoms with van der Waals surface area (Å²) in [6.07, 6.45) is 10.0. The van der Waals surface area contributed by atoms with Crippen LogP contribution in [0.1, 0.15) is 102 Å². The predicted molar refractivity (Wildman–Crippen MR) is 141 cm³/mol. The molecule has 0 spiro atoms. The van der Waals surface area contributed by atoms with Gasteiger partial charge in [-0.2, -0.15) is 0 Å². The largest absolute Gasteiger partial charge is 0.294 e. The molecule has 0 aliphatic heterocycles. The van der Waals surface area contributed by atoms with E-state index in [9.17, 15) is 0 Å². The quantitative estimate of drug-likeness (QED) is 0.246. The van der Waals surface area contributed by atoms with Gasteiger partial charge in [-0.15, -0.1) is 0 Å². The van der Waals surface area contributed by atoms with Gasteiger partial charge in [0.2, 0.25) is 0 Å². The number of unbranched alkanes of at least 4 members (excludes halogenated alkanes) is 4. The lowest BCUT2D eigenvalue weighted by Crippen LogP contribution is -2.42. The summed E-state index contributed by atoms with van der Waals surface area (Å²) in [6.45, 7) is 14.0. The fraction of sp³-hybridized carbons (Fsp3) is 0.600. The summed E-state index contributed by atoms with van der Waals surface area (Å²) in [5.41, 5.74) is 2.93. The molecule has 0 aliphatic rings. The van der Waals surface area contributed by atoms with Gasteiger partial charge in [-0.05, 0) is 63.0 Å². The number of hydrogen-bond donors (Lipinski definition) is 0. The zero-order valence-electron chi connectivity index (χ0n) is 21.3. The van der Waals surface area contributed by atoms with E-state index in [0.29, 0.717) is 12.1 Å². The van der Waals surface area contributed by atoms with Gasteiger partial charge in [-0.1, -0.05) is 114 Å². The summed E-state index contributed by atoms with van der Waals surface area (Å²) in [5.74, 6) is 0. The number of benzene rings is 2. The molecule has 2 unspecified atom stereocenters. The minimum Gasteiger partial charge on any atom is -0.294 e. The van der Waals surface area contributed by atoms with Gasteiger partial charge in [0.15, 0.2) is 0 Å². The Hall–Kier alpha value is -1.64. The van der Waals surface area contributed by atoms with E-state index in [-0.39, 0.29) is 0 Å². The molecule has 0 amide bonds. The topological polar surface area (TPSA) is 6.48 Å². The first-order valence-corrected chi connectivity index (χ1v) is 13.3. The summed E-state index contributed by atoms with van der Waals surface area (Å²) >= 11 is 0. The average Bonchev–Trinajstić information content (AvgIpc) is 2.85. The first-order chi connectivity index (χ1) is 15.8. The van der Waals surface area contributed by atoms with Gasteiger partial charge in [0.25, 0.3) is 0 Å². The third-order valence-corrected chi connectivity index (χ3v) is 6.56. The van der Waals surface area contributed by atoms with Crippen LogP contribution >= 0.6 is 0 Å². The molecule has 2 aromatic carbocycles. The van der Waals surface area contributed by atoms with Crippen molar-refractivity contribution in [3.05, 3.63) is 71.8 Å². The Morgan fingerprint density at radius 1 is 0.469 bits per heavy atom. The average molecular weight is 437 g/mol. The number of rotatable bonds is 17. The maximum atomic E-state index is 2.81. The summed E-state index contributed by atoms with van der Waals surface area (Å²) in [6, 6.07) is 23.4. The van der Waals surface area contributed by atoms with Gasteiger partial charge in [0.05, 0.1) is 12.1 Å². The Bertz CT molecular complexity index is 607. The lowest BCUT2D eigenvalue weighted by Gasteiger charge is -2.43. The van der Waals surface area contributed by atoms with Crippen LogP contribution in [0.4, 0.5) is 0 Å². The van der Waals surface area contributed by atoms with Crippen LogP contribution < -0.4 is 0 Å². The third kappa shape index (κ3) is 8.37. The van der Waals surface area contributed by atoms with Crippen molar-refractivity contribution in [1.82, 2.24) is 9.80 Å². The molecule has 0 aromatic heterocycles. The van der Waals surface area contributed by atoms with Crippen molar-refractivity contribution in [2.75, 3.05) is 26.2 Å². The highest BCUT2D eigenvalue weighted by molar-refractivity contribution is 5.28. The standard InChI is InChI=1S/C30H48N2/c1-5-9-23-31(24-10-6-2)29(27-19-15-13-16-20-27)30(28-21-17-14-18-22-28)32(25-11-7-3)26-12-8-4/h13-22,29-30H,5-12,23-26H2,1-4H3. The van der Waals surface area contributed by atoms with E-state index >= 15 is 0 Å². The normalized spacial score (nSPS) is 13.6. The van der Waals surface area contributed by atoms with E-state index in [1.54, 1.807) is 0 Å². The molecular formula is C30H48N2. The second-order valence-electron chi connectivity index (χ2n) is 9.20. The van der Waals surface area contributed by atoms with E-state index in [1.807, 2.05) is 0 Å². The van der Waals surface area contributed by atoms with Gasteiger partial charge in [-0.3, -0.25) is 9.80 Å². The van der Waals surface area contributed by atoms with Crippen molar-refractivity contribution in [2.45, 2.75) is 91.1 Å². The molecule has 32 heavy (non-hydrogen) atoms. The molecule has 178 valence electrons. The van der Waals surface area contributed by atoms with Crippen molar-refractivity contribution in [1.29, 1.82) is 0 Å². The van der Waals surface area contributed by atoms with Crippen LogP contribution in [-0.2, 0) is 0 Å². The molecule has 2 atom stereocenters. The highest BCUT2D eigenvalue weighted by atomic mass is 15.2. The van der Waals surface area contributed by atoms with Gasteiger partial charge in [0.1, 0.15) is 0 Å². The fourth-order valence-corrected chi connectivity index (χ4v) is 4.71. The monoisotopic (exact) mass is 436 g/mol. The van der Waals surface area contributed by atoms with Gasteiger partial charge in [0, 0.05) is 0 Å². The summed E-state index contributed by atoms with van der Waals surface area (Å²) in [7, 11) is 0. The molecule has 0 heterocycles. The van der Waals surface area contributed by atoms with Crippen LogP contribution in [-0.4, -0.2) is 36.0 Å². The second kappa shape index (κ2) is 16.0. The van der Waals surface area contributed by atoms with Crippen molar-refractivity contribution < 1.29 is 0 Å². The first-order valence-electron chi connectivity index (χ1n) is 13.3. The van der Waals surface area contributed by atoms with E-state index in [0.717, 1.165) is 0 Å². The van der Waals surface area contributed by atoms with Crippen molar-refractivity contribution in [2.24, 2.45) is 0 Å². The second-order valence-corrected chi connectivity index (χ2v) is 9.20. The Morgan fingerprint density at radius 2 is 0.750 bits per heavy atom. The Morgan fingerprint density at radius 3 is 1.00 bits per heavy atom. The van der Waals surface area contributed by atoms with E-state index < -0.39 is 0 Å². The molecule has 0 bridgehead atoms. The van der Waals surface area contributed by atoms with Crippen molar-refractivity contribution in [3.63, 3.8) is 0 Å². The molecule has 0 N–H and O–H groups in total. The van der Waals surface area contributed by atoms with Crippen LogP contribution in [0.5, 0.6) is 0 Å². The van der Waals surface area contributed by atoms with Crippen LogP contribution in [0.15, 0.2) is 60.7 Å². The van der Waals surface area contributed by atoms with Crippen molar-refractivity contribution >= 4 is 0 Å². The zero-order valence-corrected chi connectivity index (χ0v) is 21.3.